The van der Waals surface area contributed by atoms with Gasteiger partial charge < -0.3 is 4.74 Å². The number of carbonyl (C=O) groups is 1. The molecule has 5 rings (SSSR count). The van der Waals surface area contributed by atoms with E-state index in [0.717, 1.165) is 32.7 Å². The van der Waals surface area contributed by atoms with Crippen molar-refractivity contribution < 1.29 is 9.53 Å². The van der Waals surface area contributed by atoms with Gasteiger partial charge in [-0.25, -0.2) is 9.78 Å². The van der Waals surface area contributed by atoms with Gasteiger partial charge in [0.1, 0.15) is 16.3 Å². The molecule has 1 aromatic carbocycles. The fourth-order valence-corrected chi connectivity index (χ4v) is 5.71. The molecule has 4 heterocycles. The van der Waals surface area contributed by atoms with Crippen LogP contribution in [0.25, 0.3) is 25.4 Å². The third kappa shape index (κ3) is 3.53. The van der Waals surface area contributed by atoms with Crippen molar-refractivity contribution in [3.8, 4) is 0 Å². The van der Waals surface area contributed by atoms with Crippen LogP contribution in [0, 0.1) is 12.8 Å². The number of ether oxygens (including phenoxy) is 1. The molecule has 4 aromatic heterocycles. The molecule has 7 nitrogen and oxygen atoms in total. The number of nitrogens with zero attached hydrogens (tertiary/aromatic N) is 4. The van der Waals surface area contributed by atoms with Gasteiger partial charge in [-0.15, -0.1) is 11.3 Å². The van der Waals surface area contributed by atoms with Crippen LogP contribution in [0.5, 0.6) is 0 Å². The molecule has 158 valence electrons. The van der Waals surface area contributed by atoms with Crippen LogP contribution in [0.1, 0.15) is 34.9 Å². The fraction of sp³-hybridized carbons (Fsp3) is 0.273. The standard InChI is InChI=1S/C22H20N4O3S2/c1-12(2)10-25-20-15(13(3)24-25)9-18(30-20)21(28)29-11-14-8-19(27)26-16-6-4-5-7-17(16)31-22(26)23-14/h4-9,12H,10-11H2,1-3H3. The van der Waals surface area contributed by atoms with E-state index in [1.54, 1.807) is 4.40 Å². The molecule has 0 saturated carbocycles. The van der Waals surface area contributed by atoms with Gasteiger partial charge in [-0.3, -0.25) is 13.9 Å². The van der Waals surface area contributed by atoms with Crippen LogP contribution in [0.2, 0.25) is 0 Å². The number of benzene rings is 1. The number of thiazole rings is 1. The zero-order valence-electron chi connectivity index (χ0n) is 17.3. The molecule has 0 atom stereocenters. The molecule has 0 aliphatic heterocycles. The minimum Gasteiger partial charge on any atom is -0.455 e. The van der Waals surface area contributed by atoms with Crippen molar-refractivity contribution in [2.24, 2.45) is 5.92 Å². The number of esters is 1. The number of fused-ring (bicyclic) bond motifs is 4. The molecule has 0 aliphatic rings. The number of aromatic nitrogens is 4. The first kappa shape index (κ1) is 19.9. The first-order valence-corrected chi connectivity index (χ1v) is 11.6. The van der Waals surface area contributed by atoms with Crippen molar-refractivity contribution in [1.82, 2.24) is 19.2 Å². The Balaban J connectivity index is 1.39. The maximum absolute atomic E-state index is 12.7. The van der Waals surface area contributed by atoms with Crippen LogP contribution < -0.4 is 5.56 Å². The second kappa shape index (κ2) is 7.58. The molecular weight excluding hydrogens is 432 g/mol. The van der Waals surface area contributed by atoms with Gasteiger partial charge in [0.25, 0.3) is 5.56 Å². The smallest absolute Gasteiger partial charge is 0.348 e. The minimum absolute atomic E-state index is 0.0514. The highest BCUT2D eigenvalue weighted by Gasteiger charge is 2.18. The predicted octanol–water partition coefficient (Wildman–Crippen LogP) is 4.64. The Labute approximate surface area is 185 Å². The first-order valence-electron chi connectivity index (χ1n) is 9.95. The molecule has 0 aliphatic carbocycles. The zero-order valence-corrected chi connectivity index (χ0v) is 18.9. The molecule has 0 bridgehead atoms. The van der Waals surface area contributed by atoms with Crippen molar-refractivity contribution in [2.75, 3.05) is 0 Å². The SMILES string of the molecule is Cc1nn(CC(C)C)c2sc(C(=O)OCc3cc(=O)n4c(n3)sc3ccccc34)cc12. The predicted molar refractivity (Wildman–Crippen MR) is 123 cm³/mol. The number of aryl methyl sites for hydroxylation is 1. The summed E-state index contributed by atoms with van der Waals surface area (Å²) in [5.74, 6) is 0.0316. The largest absolute Gasteiger partial charge is 0.455 e. The summed E-state index contributed by atoms with van der Waals surface area (Å²) in [6.07, 6.45) is 0. The molecule has 0 amide bonds. The van der Waals surface area contributed by atoms with E-state index in [1.165, 1.54) is 28.7 Å². The summed E-state index contributed by atoms with van der Waals surface area (Å²) in [4.78, 5) is 31.9. The van der Waals surface area contributed by atoms with Crippen LogP contribution in [0.4, 0.5) is 0 Å². The Hall–Kier alpha value is -3.04. The van der Waals surface area contributed by atoms with Crippen molar-refractivity contribution in [3.63, 3.8) is 0 Å². The van der Waals surface area contributed by atoms with Gasteiger partial charge in [-0.2, -0.15) is 5.10 Å². The lowest BCUT2D eigenvalue weighted by atomic mass is 10.2. The second-order valence-corrected chi connectivity index (χ2v) is 9.88. The monoisotopic (exact) mass is 452 g/mol. The van der Waals surface area contributed by atoms with Crippen molar-refractivity contribution in [2.45, 2.75) is 33.9 Å². The Bertz CT molecular complexity index is 1510. The highest BCUT2D eigenvalue weighted by molar-refractivity contribution is 7.23. The van der Waals surface area contributed by atoms with Gasteiger partial charge in [0.05, 0.1) is 21.6 Å². The number of hydrogen-bond donors (Lipinski definition) is 0. The zero-order chi connectivity index (χ0) is 21.7. The number of para-hydroxylation sites is 1. The molecule has 31 heavy (non-hydrogen) atoms. The van der Waals surface area contributed by atoms with Crippen LogP contribution in [-0.2, 0) is 17.9 Å². The Morgan fingerprint density at radius 1 is 1.19 bits per heavy atom. The molecule has 0 spiro atoms. The van der Waals surface area contributed by atoms with E-state index >= 15 is 0 Å². The van der Waals surface area contributed by atoms with Gasteiger partial charge in [0, 0.05) is 18.0 Å². The van der Waals surface area contributed by atoms with E-state index in [2.05, 4.69) is 23.9 Å². The number of hydrogen-bond acceptors (Lipinski definition) is 7. The summed E-state index contributed by atoms with van der Waals surface area (Å²) in [6, 6.07) is 10.9. The molecule has 0 N–H and O–H groups in total. The summed E-state index contributed by atoms with van der Waals surface area (Å²) in [5.41, 5.74) is 1.99. The first-order chi connectivity index (χ1) is 14.9. The van der Waals surface area contributed by atoms with Crippen LogP contribution in [-0.4, -0.2) is 25.1 Å². The summed E-state index contributed by atoms with van der Waals surface area (Å²) < 4.78 is 10.0. The number of thiophene rings is 1. The molecule has 9 heteroatoms. The van der Waals surface area contributed by atoms with E-state index in [-0.39, 0.29) is 12.2 Å². The molecule has 0 radical (unpaired) electrons. The highest BCUT2D eigenvalue weighted by atomic mass is 32.1. The third-order valence-electron chi connectivity index (χ3n) is 4.95. The maximum Gasteiger partial charge on any atom is 0.348 e. The van der Waals surface area contributed by atoms with E-state index in [0.29, 0.717) is 21.4 Å². The van der Waals surface area contributed by atoms with Crippen molar-refractivity contribution >= 4 is 54.0 Å². The minimum atomic E-state index is -0.421. The number of carbonyl (C=O) groups excluding carboxylic acids is 1. The topological polar surface area (TPSA) is 78.5 Å². The van der Waals surface area contributed by atoms with Crippen molar-refractivity contribution in [1.29, 1.82) is 0 Å². The lowest BCUT2D eigenvalue weighted by Gasteiger charge is -2.05. The molecular formula is C22H20N4O3S2. The Morgan fingerprint density at radius 2 is 2.00 bits per heavy atom. The van der Waals surface area contributed by atoms with E-state index in [9.17, 15) is 9.59 Å². The normalized spacial score (nSPS) is 11.9. The van der Waals surface area contributed by atoms with E-state index in [4.69, 9.17) is 4.74 Å². The summed E-state index contributed by atoms with van der Waals surface area (Å²) in [6.45, 7) is 6.95. The van der Waals surface area contributed by atoms with E-state index < -0.39 is 5.97 Å². The van der Waals surface area contributed by atoms with Crippen LogP contribution >= 0.6 is 22.7 Å². The Morgan fingerprint density at radius 3 is 2.81 bits per heavy atom. The Kier molecular flexibility index (Phi) is 4.86. The average molecular weight is 453 g/mol. The fourth-order valence-electron chi connectivity index (χ4n) is 3.59. The summed E-state index contributed by atoms with van der Waals surface area (Å²) in [5, 5.41) is 5.54. The molecule has 0 fully saturated rings. The van der Waals surface area contributed by atoms with Gasteiger partial charge in [-0.05, 0) is 31.0 Å². The van der Waals surface area contributed by atoms with Gasteiger partial charge in [0.15, 0.2) is 4.96 Å². The van der Waals surface area contributed by atoms with Crippen LogP contribution in [0.3, 0.4) is 0 Å². The van der Waals surface area contributed by atoms with E-state index in [1.807, 2.05) is 41.9 Å². The average Bonchev–Trinajstić information content (AvgIpc) is 3.39. The second-order valence-electron chi connectivity index (χ2n) is 7.84. The van der Waals surface area contributed by atoms with Crippen molar-refractivity contribution in [3.05, 3.63) is 63.0 Å². The number of rotatable bonds is 5. The summed E-state index contributed by atoms with van der Waals surface area (Å²) >= 11 is 2.82. The van der Waals surface area contributed by atoms with Gasteiger partial charge in [0.2, 0.25) is 0 Å². The van der Waals surface area contributed by atoms with Gasteiger partial charge in [-0.1, -0.05) is 37.3 Å². The maximum atomic E-state index is 12.7. The summed E-state index contributed by atoms with van der Waals surface area (Å²) in [7, 11) is 0. The highest BCUT2D eigenvalue weighted by Crippen LogP contribution is 2.29. The lowest BCUT2D eigenvalue weighted by molar-refractivity contribution is 0.0473. The molecule has 0 unspecified atom stereocenters. The van der Waals surface area contributed by atoms with Crippen LogP contribution in [0.15, 0.2) is 41.2 Å². The molecule has 5 aromatic rings. The third-order valence-corrected chi connectivity index (χ3v) is 7.10. The molecule has 0 saturated heterocycles. The van der Waals surface area contributed by atoms with Gasteiger partial charge >= 0.3 is 5.97 Å². The quantitative estimate of drug-likeness (QED) is 0.363. The lowest BCUT2D eigenvalue weighted by Crippen LogP contribution is -2.15.